The van der Waals surface area contributed by atoms with Crippen LogP contribution in [0, 0.1) is 12.8 Å². The second kappa shape index (κ2) is 7.48. The fraction of sp³-hybridized carbons (Fsp3) is 0.550. The maximum Gasteiger partial charge on any atom is 0.346 e. The average molecular weight is 390 g/mol. The molecule has 1 amide bonds. The minimum atomic E-state index is -2.42. The summed E-state index contributed by atoms with van der Waals surface area (Å²) >= 11 is 0. The highest BCUT2D eigenvalue weighted by Gasteiger charge is 2.38. The van der Waals surface area contributed by atoms with E-state index in [9.17, 15) is 18.4 Å². The van der Waals surface area contributed by atoms with Gasteiger partial charge < -0.3 is 4.90 Å². The largest absolute Gasteiger partial charge is 0.346 e. The SMILES string of the molecule is Cc1ccc(Cn2nc3n(c2=O)C(C(=O)N2CC[C@H](C(F)F)C2)CCC3)cc1. The van der Waals surface area contributed by atoms with Crippen molar-refractivity contribution < 1.29 is 13.6 Å². The predicted octanol–water partition coefficient (Wildman–Crippen LogP) is 2.39. The van der Waals surface area contributed by atoms with Gasteiger partial charge in [-0.15, -0.1) is 0 Å². The van der Waals surface area contributed by atoms with Gasteiger partial charge in [0.2, 0.25) is 12.3 Å². The van der Waals surface area contributed by atoms with Crippen LogP contribution < -0.4 is 5.69 Å². The molecule has 0 radical (unpaired) electrons. The van der Waals surface area contributed by atoms with E-state index in [4.69, 9.17) is 0 Å². The highest BCUT2D eigenvalue weighted by molar-refractivity contribution is 5.81. The monoisotopic (exact) mass is 390 g/mol. The zero-order valence-electron chi connectivity index (χ0n) is 15.9. The van der Waals surface area contributed by atoms with E-state index >= 15 is 0 Å². The minimum Gasteiger partial charge on any atom is -0.340 e. The number of halogens is 2. The third-order valence-corrected chi connectivity index (χ3v) is 5.76. The molecule has 2 aromatic rings. The van der Waals surface area contributed by atoms with Gasteiger partial charge in [0.15, 0.2) is 0 Å². The van der Waals surface area contributed by atoms with Gasteiger partial charge in [0.25, 0.3) is 0 Å². The van der Waals surface area contributed by atoms with E-state index in [0.29, 0.717) is 38.2 Å². The summed E-state index contributed by atoms with van der Waals surface area (Å²) in [6, 6.07) is 7.24. The maximum atomic E-state index is 13.0. The van der Waals surface area contributed by atoms with Crippen LogP contribution in [0.15, 0.2) is 29.1 Å². The summed E-state index contributed by atoms with van der Waals surface area (Å²) in [6.45, 7) is 2.73. The molecule has 6 nitrogen and oxygen atoms in total. The van der Waals surface area contributed by atoms with E-state index in [2.05, 4.69) is 5.10 Å². The summed E-state index contributed by atoms with van der Waals surface area (Å²) in [5.41, 5.74) is 1.79. The van der Waals surface area contributed by atoms with Crippen LogP contribution in [0.2, 0.25) is 0 Å². The number of aromatic nitrogens is 3. The second-order valence-corrected chi connectivity index (χ2v) is 7.79. The molecule has 1 fully saturated rings. The van der Waals surface area contributed by atoms with Crippen LogP contribution in [0.4, 0.5) is 8.78 Å². The summed E-state index contributed by atoms with van der Waals surface area (Å²) in [6.07, 6.45) is -0.175. The van der Waals surface area contributed by atoms with Crippen LogP contribution in [-0.2, 0) is 17.8 Å². The lowest BCUT2D eigenvalue weighted by Gasteiger charge is -2.27. The zero-order chi connectivity index (χ0) is 19.8. The van der Waals surface area contributed by atoms with Gasteiger partial charge in [-0.25, -0.2) is 18.3 Å². The van der Waals surface area contributed by atoms with E-state index in [0.717, 1.165) is 17.5 Å². The molecule has 2 aliphatic rings. The van der Waals surface area contributed by atoms with Crippen molar-refractivity contribution in [3.05, 3.63) is 51.7 Å². The first kappa shape index (κ1) is 18.8. The number of alkyl halides is 2. The van der Waals surface area contributed by atoms with Gasteiger partial charge in [0.05, 0.1) is 6.54 Å². The Morgan fingerprint density at radius 2 is 2.00 bits per heavy atom. The molecule has 1 aromatic heterocycles. The van der Waals surface area contributed by atoms with Crippen molar-refractivity contribution in [1.29, 1.82) is 0 Å². The Bertz CT molecular complexity index is 919. The van der Waals surface area contributed by atoms with Crippen molar-refractivity contribution in [2.24, 2.45) is 5.92 Å². The van der Waals surface area contributed by atoms with E-state index in [1.807, 2.05) is 31.2 Å². The van der Waals surface area contributed by atoms with Gasteiger partial charge in [-0.05, 0) is 31.7 Å². The van der Waals surface area contributed by atoms with E-state index < -0.39 is 18.4 Å². The van der Waals surface area contributed by atoms with Crippen molar-refractivity contribution in [3.8, 4) is 0 Å². The molecule has 0 saturated carbocycles. The Labute approximate surface area is 161 Å². The number of rotatable bonds is 4. The van der Waals surface area contributed by atoms with Gasteiger partial charge in [-0.2, -0.15) is 5.10 Å². The molecule has 0 bridgehead atoms. The summed E-state index contributed by atoms with van der Waals surface area (Å²) in [4.78, 5) is 27.4. The Kier molecular flexibility index (Phi) is 5.03. The van der Waals surface area contributed by atoms with E-state index in [1.165, 1.54) is 14.1 Å². The molecule has 0 N–H and O–H groups in total. The number of nitrogens with zero attached hydrogens (tertiary/aromatic N) is 4. The summed E-state index contributed by atoms with van der Waals surface area (Å²) in [7, 11) is 0. The molecular weight excluding hydrogens is 366 g/mol. The van der Waals surface area contributed by atoms with Gasteiger partial charge in [-0.1, -0.05) is 29.8 Å². The number of likely N-dealkylation sites (tertiary alicyclic amines) is 1. The van der Waals surface area contributed by atoms with E-state index in [-0.39, 0.29) is 18.1 Å². The first-order valence-electron chi connectivity index (χ1n) is 9.74. The molecule has 150 valence electrons. The molecule has 1 unspecified atom stereocenters. The number of aryl methyl sites for hydroxylation is 2. The Balaban J connectivity index is 1.57. The summed E-state index contributed by atoms with van der Waals surface area (Å²) in [5, 5.41) is 4.45. The van der Waals surface area contributed by atoms with Gasteiger partial charge in [0, 0.05) is 25.4 Å². The molecule has 2 atom stereocenters. The standard InChI is InChI=1S/C20H24F2N4O2/c1-13-5-7-14(8-6-13)11-25-20(28)26-16(3-2-4-17(26)23-25)19(27)24-10-9-15(12-24)18(21)22/h5-8,15-16,18H,2-4,9-12H2,1H3/t15-,16?/m0/s1. The lowest BCUT2D eigenvalue weighted by atomic mass is 10.0. The van der Waals surface area contributed by atoms with E-state index in [1.54, 1.807) is 0 Å². The number of fused-ring (bicyclic) bond motifs is 1. The molecule has 3 heterocycles. The minimum absolute atomic E-state index is 0.0641. The molecule has 4 rings (SSSR count). The summed E-state index contributed by atoms with van der Waals surface area (Å²) < 4.78 is 28.8. The maximum absolute atomic E-state index is 13.0. The Morgan fingerprint density at radius 1 is 1.25 bits per heavy atom. The van der Waals surface area contributed by atoms with Crippen LogP contribution in [-0.4, -0.2) is 44.7 Å². The molecule has 0 aliphatic carbocycles. The lowest BCUT2D eigenvalue weighted by Crippen LogP contribution is -2.42. The number of amides is 1. The van der Waals surface area contributed by atoms with Crippen LogP contribution in [0.1, 0.15) is 42.3 Å². The number of carbonyl (C=O) groups excluding carboxylic acids is 1. The van der Waals surface area contributed by atoms with Crippen molar-refractivity contribution >= 4 is 5.91 Å². The van der Waals surface area contributed by atoms with Crippen LogP contribution in [0.3, 0.4) is 0 Å². The van der Waals surface area contributed by atoms with Crippen molar-refractivity contribution in [3.63, 3.8) is 0 Å². The van der Waals surface area contributed by atoms with Crippen molar-refractivity contribution in [1.82, 2.24) is 19.2 Å². The average Bonchev–Trinajstić information content (AvgIpc) is 3.29. The molecule has 1 aromatic carbocycles. The highest BCUT2D eigenvalue weighted by Crippen LogP contribution is 2.29. The lowest BCUT2D eigenvalue weighted by molar-refractivity contribution is -0.134. The number of hydrogen-bond donors (Lipinski definition) is 0. The van der Waals surface area contributed by atoms with Crippen LogP contribution in [0.5, 0.6) is 0 Å². The molecule has 1 saturated heterocycles. The van der Waals surface area contributed by atoms with Crippen molar-refractivity contribution in [2.45, 2.75) is 51.6 Å². The first-order valence-corrected chi connectivity index (χ1v) is 9.74. The molecule has 8 heteroatoms. The fourth-order valence-electron chi connectivity index (χ4n) is 4.14. The van der Waals surface area contributed by atoms with Gasteiger partial charge >= 0.3 is 5.69 Å². The molecule has 28 heavy (non-hydrogen) atoms. The number of benzene rings is 1. The van der Waals surface area contributed by atoms with Crippen LogP contribution >= 0.6 is 0 Å². The fourth-order valence-corrected chi connectivity index (χ4v) is 4.14. The smallest absolute Gasteiger partial charge is 0.340 e. The second-order valence-electron chi connectivity index (χ2n) is 7.79. The van der Waals surface area contributed by atoms with Gasteiger partial charge in [0.1, 0.15) is 11.9 Å². The Morgan fingerprint density at radius 3 is 2.68 bits per heavy atom. The Hall–Kier alpha value is -2.51. The normalized spacial score (nSPS) is 21.9. The first-order chi connectivity index (χ1) is 13.4. The predicted molar refractivity (Wildman–Crippen MR) is 99.4 cm³/mol. The summed E-state index contributed by atoms with van der Waals surface area (Å²) in [5.74, 6) is -0.402. The third kappa shape index (κ3) is 3.47. The highest BCUT2D eigenvalue weighted by atomic mass is 19.3. The molecular formula is C20H24F2N4O2. The van der Waals surface area contributed by atoms with Crippen LogP contribution in [0.25, 0.3) is 0 Å². The number of carbonyl (C=O) groups is 1. The quantitative estimate of drug-likeness (QED) is 0.806. The van der Waals surface area contributed by atoms with Gasteiger partial charge in [-0.3, -0.25) is 9.36 Å². The zero-order valence-corrected chi connectivity index (χ0v) is 15.9. The third-order valence-electron chi connectivity index (χ3n) is 5.76. The number of hydrogen-bond acceptors (Lipinski definition) is 3. The topological polar surface area (TPSA) is 60.1 Å². The van der Waals surface area contributed by atoms with Crippen molar-refractivity contribution in [2.75, 3.05) is 13.1 Å². The molecule has 0 spiro atoms. The molecule has 2 aliphatic heterocycles.